The molecule has 0 bridgehead atoms. The summed E-state index contributed by atoms with van der Waals surface area (Å²) in [4.78, 5) is 19.4. The molecule has 0 aliphatic rings. The lowest BCUT2D eigenvalue weighted by Gasteiger charge is -2.22. The molecule has 2 N–H and O–H groups in total. The fourth-order valence-corrected chi connectivity index (χ4v) is 3.28. The van der Waals surface area contributed by atoms with Crippen LogP contribution in [0.3, 0.4) is 0 Å². The maximum Gasteiger partial charge on any atom is 0.225 e. The van der Waals surface area contributed by atoms with Gasteiger partial charge < -0.3 is 15.5 Å². The molecule has 132 valence electrons. The summed E-state index contributed by atoms with van der Waals surface area (Å²) >= 11 is 5.19. The number of hydrogen-bond donors (Lipinski definition) is 2. The smallest absolute Gasteiger partial charge is 0.225 e. The minimum absolute atomic E-state index is 0. The van der Waals surface area contributed by atoms with Gasteiger partial charge in [-0.1, -0.05) is 20.8 Å². The Morgan fingerprint density at radius 2 is 1.91 bits per heavy atom. The number of aliphatic imine (C=N–C) groups is 1. The Hall–Kier alpha value is -0.350. The highest BCUT2D eigenvalue weighted by Crippen LogP contribution is 2.22. The first-order chi connectivity index (χ1) is 10.2. The summed E-state index contributed by atoms with van der Waals surface area (Å²) in [5.74, 6) is 0.871. The van der Waals surface area contributed by atoms with Crippen molar-refractivity contribution in [2.45, 2.75) is 27.3 Å². The maximum absolute atomic E-state index is 11.8. The lowest BCUT2D eigenvalue weighted by Crippen LogP contribution is -2.43. The van der Waals surface area contributed by atoms with E-state index in [0.717, 1.165) is 16.3 Å². The second-order valence-corrected chi connectivity index (χ2v) is 8.59. The Morgan fingerprint density at radius 3 is 2.39 bits per heavy atom. The van der Waals surface area contributed by atoms with Crippen LogP contribution in [0.25, 0.3) is 0 Å². The summed E-state index contributed by atoms with van der Waals surface area (Å²) in [6.45, 7) is 7.73. The molecule has 0 radical (unpaired) electrons. The van der Waals surface area contributed by atoms with E-state index in [2.05, 4.69) is 42.5 Å². The average Bonchev–Trinajstić information content (AvgIpc) is 2.82. The molecule has 0 aromatic carbocycles. The number of guanidine groups is 1. The van der Waals surface area contributed by atoms with Crippen LogP contribution < -0.4 is 10.6 Å². The molecule has 1 aromatic rings. The predicted octanol–water partition coefficient (Wildman–Crippen LogP) is 3.30. The summed E-state index contributed by atoms with van der Waals surface area (Å²) < 4.78 is 1.13. The molecule has 1 aromatic heterocycles. The van der Waals surface area contributed by atoms with Gasteiger partial charge >= 0.3 is 0 Å². The van der Waals surface area contributed by atoms with Gasteiger partial charge in [0.1, 0.15) is 0 Å². The van der Waals surface area contributed by atoms with Gasteiger partial charge in [-0.25, -0.2) is 0 Å². The first kappa shape index (κ1) is 22.6. The van der Waals surface area contributed by atoms with Crippen molar-refractivity contribution in [3.63, 3.8) is 0 Å². The molecule has 0 atom stereocenters. The van der Waals surface area contributed by atoms with Gasteiger partial charge in [-0.3, -0.25) is 9.79 Å². The van der Waals surface area contributed by atoms with Crippen LogP contribution >= 0.6 is 51.2 Å². The molecule has 0 aliphatic carbocycles. The normalized spacial score (nSPS) is 11.7. The van der Waals surface area contributed by atoms with Crippen LogP contribution in [0.4, 0.5) is 0 Å². The van der Waals surface area contributed by atoms with Crippen LogP contribution in [0, 0.1) is 5.41 Å². The lowest BCUT2D eigenvalue weighted by molar-refractivity contribution is -0.128. The number of carbonyl (C=O) groups excluding carboxylic acids is 1. The highest BCUT2D eigenvalue weighted by Gasteiger charge is 2.20. The van der Waals surface area contributed by atoms with Crippen molar-refractivity contribution in [3.05, 3.63) is 20.8 Å². The van der Waals surface area contributed by atoms with Crippen molar-refractivity contribution >= 4 is 63.1 Å². The zero-order valence-corrected chi connectivity index (χ0v) is 19.0. The lowest BCUT2D eigenvalue weighted by atomic mass is 9.96. The average molecular weight is 517 g/mol. The topological polar surface area (TPSA) is 56.7 Å². The summed E-state index contributed by atoms with van der Waals surface area (Å²) in [6.07, 6.45) is 0. The van der Waals surface area contributed by atoms with Crippen LogP contribution in [0.2, 0.25) is 0 Å². The van der Waals surface area contributed by atoms with E-state index in [1.807, 2.05) is 33.9 Å². The van der Waals surface area contributed by atoms with E-state index >= 15 is 0 Å². The van der Waals surface area contributed by atoms with Crippen molar-refractivity contribution in [1.29, 1.82) is 0 Å². The van der Waals surface area contributed by atoms with E-state index in [4.69, 9.17) is 0 Å². The van der Waals surface area contributed by atoms with Gasteiger partial charge in [-0.2, -0.15) is 0 Å². The van der Waals surface area contributed by atoms with Gasteiger partial charge in [0.05, 0.1) is 10.3 Å². The van der Waals surface area contributed by atoms with Crippen molar-refractivity contribution < 1.29 is 4.79 Å². The number of nitrogens with one attached hydrogen (secondary N) is 2. The van der Waals surface area contributed by atoms with Crippen LogP contribution in [-0.4, -0.2) is 44.0 Å². The molecule has 23 heavy (non-hydrogen) atoms. The largest absolute Gasteiger partial charge is 0.354 e. The number of halogens is 2. The SMILES string of the molecule is CN=C(NCCNC(=O)C(C)(C)C)N(C)Cc1ccc(Br)s1.I. The monoisotopic (exact) mass is 516 g/mol. The summed E-state index contributed by atoms with van der Waals surface area (Å²) in [7, 11) is 3.76. The summed E-state index contributed by atoms with van der Waals surface area (Å²) in [5, 5.41) is 6.17. The van der Waals surface area contributed by atoms with Gasteiger partial charge in [-0.15, -0.1) is 35.3 Å². The molecule has 0 saturated heterocycles. The van der Waals surface area contributed by atoms with E-state index in [1.54, 1.807) is 18.4 Å². The Balaban J connectivity index is 0.00000484. The first-order valence-electron chi connectivity index (χ1n) is 7.18. The Morgan fingerprint density at radius 1 is 1.30 bits per heavy atom. The number of carbonyl (C=O) groups is 1. The molecule has 5 nitrogen and oxygen atoms in total. The van der Waals surface area contributed by atoms with E-state index < -0.39 is 0 Å². The number of nitrogens with zero attached hydrogens (tertiary/aromatic N) is 2. The summed E-state index contributed by atoms with van der Waals surface area (Å²) in [5.41, 5.74) is -0.356. The molecular formula is C15H26BrIN4OS. The molecule has 0 aliphatic heterocycles. The Kier molecular flexibility index (Phi) is 10.3. The van der Waals surface area contributed by atoms with Gasteiger partial charge in [0.15, 0.2) is 5.96 Å². The zero-order valence-electron chi connectivity index (χ0n) is 14.3. The predicted molar refractivity (Wildman–Crippen MR) is 113 cm³/mol. The summed E-state index contributed by atoms with van der Waals surface area (Å²) in [6, 6.07) is 4.15. The van der Waals surface area contributed by atoms with Crippen molar-refractivity contribution in [2.24, 2.45) is 10.4 Å². The van der Waals surface area contributed by atoms with Gasteiger partial charge in [-0.05, 0) is 28.1 Å². The van der Waals surface area contributed by atoms with Gasteiger partial charge in [0.25, 0.3) is 0 Å². The fraction of sp³-hybridized carbons (Fsp3) is 0.600. The van der Waals surface area contributed by atoms with E-state index in [1.165, 1.54) is 4.88 Å². The third-order valence-electron chi connectivity index (χ3n) is 2.97. The van der Waals surface area contributed by atoms with Crippen LogP contribution in [-0.2, 0) is 11.3 Å². The Labute approximate surface area is 168 Å². The number of rotatable bonds is 5. The van der Waals surface area contributed by atoms with Crippen LogP contribution in [0.5, 0.6) is 0 Å². The standard InChI is InChI=1S/C15H25BrN4OS.HI/c1-15(2,3)13(21)18-8-9-19-14(17-4)20(5)10-11-6-7-12(16)22-11;/h6-7H,8-10H2,1-5H3,(H,17,19)(H,18,21);1H. The third kappa shape index (κ3) is 8.35. The van der Waals surface area contributed by atoms with E-state index in [9.17, 15) is 4.79 Å². The molecule has 0 saturated carbocycles. The minimum atomic E-state index is -0.356. The molecule has 1 amide bonds. The second-order valence-electron chi connectivity index (χ2n) is 6.04. The quantitative estimate of drug-likeness (QED) is 0.273. The molecule has 1 heterocycles. The van der Waals surface area contributed by atoms with Gasteiger partial charge in [0.2, 0.25) is 5.91 Å². The first-order valence-corrected chi connectivity index (χ1v) is 8.79. The van der Waals surface area contributed by atoms with Crippen molar-refractivity contribution in [1.82, 2.24) is 15.5 Å². The number of hydrogen-bond acceptors (Lipinski definition) is 3. The number of amides is 1. The molecular weight excluding hydrogens is 491 g/mol. The van der Waals surface area contributed by atoms with Crippen molar-refractivity contribution in [2.75, 3.05) is 27.2 Å². The third-order valence-corrected chi connectivity index (χ3v) is 4.58. The zero-order chi connectivity index (χ0) is 16.8. The van der Waals surface area contributed by atoms with E-state index in [-0.39, 0.29) is 35.3 Å². The van der Waals surface area contributed by atoms with Crippen LogP contribution in [0.15, 0.2) is 20.9 Å². The maximum atomic E-state index is 11.8. The molecule has 0 spiro atoms. The van der Waals surface area contributed by atoms with Crippen LogP contribution in [0.1, 0.15) is 25.6 Å². The highest BCUT2D eigenvalue weighted by molar-refractivity contribution is 14.0. The van der Waals surface area contributed by atoms with Gasteiger partial charge in [0, 0.05) is 37.5 Å². The molecule has 0 fully saturated rings. The number of thiophene rings is 1. The fourth-order valence-electron chi connectivity index (χ4n) is 1.75. The molecule has 8 heteroatoms. The van der Waals surface area contributed by atoms with E-state index in [0.29, 0.717) is 13.1 Å². The molecule has 1 rings (SSSR count). The molecule has 0 unspecified atom stereocenters. The Bertz CT molecular complexity index is 528. The second kappa shape index (κ2) is 10.5. The highest BCUT2D eigenvalue weighted by atomic mass is 127. The van der Waals surface area contributed by atoms with Crippen molar-refractivity contribution in [3.8, 4) is 0 Å². The minimum Gasteiger partial charge on any atom is -0.354 e.